The largest absolute Gasteiger partial charge is 0.460 e. The van der Waals surface area contributed by atoms with Gasteiger partial charge in [0.05, 0.1) is 11.5 Å². The number of thiocarbonyl (C=S) groups is 1. The van der Waals surface area contributed by atoms with Gasteiger partial charge < -0.3 is 10.1 Å². The fourth-order valence-corrected chi connectivity index (χ4v) is 1.17. The maximum absolute atomic E-state index is 10.4. The van der Waals surface area contributed by atoms with Crippen LogP contribution in [0.3, 0.4) is 0 Å². The molecular weight excluding hydrogens is 150 g/mol. The summed E-state index contributed by atoms with van der Waals surface area (Å²) in [6.07, 6.45) is 0.638. The van der Waals surface area contributed by atoms with Gasteiger partial charge in [0.2, 0.25) is 0 Å². The molecule has 1 heterocycles. The summed E-state index contributed by atoms with van der Waals surface area (Å²) in [6, 6.07) is 0. The number of esters is 1. The van der Waals surface area contributed by atoms with E-state index >= 15 is 0 Å². The van der Waals surface area contributed by atoms with Gasteiger partial charge in [-0.25, -0.2) is 0 Å². The van der Waals surface area contributed by atoms with Gasteiger partial charge in [-0.1, -0.05) is 12.2 Å². The van der Waals surface area contributed by atoms with E-state index in [1.165, 1.54) is 6.92 Å². The minimum Gasteiger partial charge on any atom is -0.460 e. The highest BCUT2D eigenvalue weighted by Crippen LogP contribution is 2.05. The first-order valence-corrected chi connectivity index (χ1v) is 3.53. The highest BCUT2D eigenvalue weighted by Gasteiger charge is 2.20. The normalized spacial score (nSPS) is 24.1. The lowest BCUT2D eigenvalue weighted by Crippen LogP contribution is -2.19. The Morgan fingerprint density at radius 3 is 3.00 bits per heavy atom. The van der Waals surface area contributed by atoms with Crippen molar-refractivity contribution in [3.05, 3.63) is 0 Å². The Morgan fingerprint density at radius 1 is 1.90 bits per heavy atom. The zero-order chi connectivity index (χ0) is 7.56. The van der Waals surface area contributed by atoms with Crippen molar-refractivity contribution in [2.24, 2.45) is 0 Å². The summed E-state index contributed by atoms with van der Waals surface area (Å²) < 4.78 is 4.89. The van der Waals surface area contributed by atoms with Crippen LogP contribution in [0.25, 0.3) is 0 Å². The van der Waals surface area contributed by atoms with E-state index in [0.717, 1.165) is 4.99 Å². The molecule has 1 fully saturated rings. The highest BCUT2D eigenvalue weighted by atomic mass is 32.1. The summed E-state index contributed by atoms with van der Waals surface area (Å²) in [5.41, 5.74) is 0. The molecule has 1 atom stereocenters. The third kappa shape index (κ3) is 1.95. The lowest BCUT2D eigenvalue weighted by molar-refractivity contribution is -0.145. The Balaban J connectivity index is 2.31. The zero-order valence-corrected chi connectivity index (χ0v) is 6.53. The molecule has 56 valence electrons. The molecule has 0 bridgehead atoms. The maximum Gasteiger partial charge on any atom is 0.302 e. The molecule has 4 heteroatoms. The van der Waals surface area contributed by atoms with Gasteiger partial charge >= 0.3 is 5.97 Å². The van der Waals surface area contributed by atoms with Crippen LogP contribution < -0.4 is 5.32 Å². The molecule has 1 rings (SSSR count). The number of nitrogens with one attached hydrogen (secondary N) is 1. The average molecular weight is 159 g/mol. The van der Waals surface area contributed by atoms with Gasteiger partial charge in [-0.15, -0.1) is 0 Å². The predicted octanol–water partition coefficient (Wildman–Crippen LogP) is 0.239. The van der Waals surface area contributed by atoms with E-state index in [9.17, 15) is 4.79 Å². The number of carbonyl (C=O) groups is 1. The van der Waals surface area contributed by atoms with E-state index < -0.39 is 0 Å². The number of ether oxygens (including phenoxy) is 1. The van der Waals surface area contributed by atoms with Crippen LogP contribution in [0.2, 0.25) is 0 Å². The summed E-state index contributed by atoms with van der Waals surface area (Å²) in [6.45, 7) is 2.07. The first kappa shape index (κ1) is 7.47. The van der Waals surface area contributed by atoms with Crippen molar-refractivity contribution in [2.45, 2.75) is 19.4 Å². The van der Waals surface area contributed by atoms with Crippen molar-refractivity contribution in [1.29, 1.82) is 0 Å². The molecule has 0 aliphatic carbocycles. The zero-order valence-electron chi connectivity index (χ0n) is 5.72. The summed E-state index contributed by atoms with van der Waals surface area (Å²) in [5, 5.41) is 2.93. The third-order valence-electron chi connectivity index (χ3n) is 1.27. The monoisotopic (exact) mass is 159 g/mol. The minimum atomic E-state index is -0.239. The number of hydrogen-bond donors (Lipinski definition) is 1. The second-order valence-electron chi connectivity index (χ2n) is 2.24. The van der Waals surface area contributed by atoms with Gasteiger partial charge in [0.25, 0.3) is 0 Å². The Hall–Kier alpha value is -0.640. The van der Waals surface area contributed by atoms with Crippen molar-refractivity contribution in [1.82, 2.24) is 5.32 Å². The number of hydrogen-bond acceptors (Lipinski definition) is 3. The second kappa shape index (κ2) is 2.96. The van der Waals surface area contributed by atoms with Crippen molar-refractivity contribution < 1.29 is 9.53 Å². The molecule has 0 amide bonds. The van der Waals surface area contributed by atoms with E-state index in [0.29, 0.717) is 13.0 Å². The molecule has 10 heavy (non-hydrogen) atoms. The van der Waals surface area contributed by atoms with Crippen LogP contribution in [0.4, 0.5) is 0 Å². The van der Waals surface area contributed by atoms with Crippen molar-refractivity contribution >= 4 is 23.2 Å². The SMILES string of the molecule is CC(=O)O[C@H]1CNC(=S)C1. The van der Waals surface area contributed by atoms with Crippen molar-refractivity contribution in [3.8, 4) is 0 Å². The van der Waals surface area contributed by atoms with Crippen LogP contribution in [0.1, 0.15) is 13.3 Å². The van der Waals surface area contributed by atoms with Crippen LogP contribution in [0.5, 0.6) is 0 Å². The van der Waals surface area contributed by atoms with E-state index in [1.54, 1.807) is 0 Å². The second-order valence-corrected chi connectivity index (χ2v) is 2.73. The van der Waals surface area contributed by atoms with E-state index in [1.807, 2.05) is 0 Å². The van der Waals surface area contributed by atoms with Crippen LogP contribution in [-0.4, -0.2) is 23.6 Å². The molecule has 0 aromatic carbocycles. The van der Waals surface area contributed by atoms with Gasteiger partial charge in [-0.3, -0.25) is 4.79 Å². The quantitative estimate of drug-likeness (QED) is 0.439. The van der Waals surface area contributed by atoms with E-state index in [4.69, 9.17) is 17.0 Å². The van der Waals surface area contributed by atoms with Crippen LogP contribution >= 0.6 is 12.2 Å². The predicted molar refractivity (Wildman–Crippen MR) is 40.8 cm³/mol. The maximum atomic E-state index is 10.4. The lowest BCUT2D eigenvalue weighted by atomic mass is 10.3. The smallest absolute Gasteiger partial charge is 0.302 e. The molecule has 0 spiro atoms. The molecule has 0 aromatic rings. The Morgan fingerprint density at radius 2 is 2.60 bits per heavy atom. The van der Waals surface area contributed by atoms with Crippen LogP contribution in [0, 0.1) is 0 Å². The highest BCUT2D eigenvalue weighted by molar-refractivity contribution is 7.80. The molecule has 0 unspecified atom stereocenters. The minimum absolute atomic E-state index is 0.0370. The first-order chi connectivity index (χ1) is 4.68. The Bertz CT molecular complexity index is 169. The summed E-state index contributed by atoms with van der Waals surface area (Å²) in [4.78, 5) is 11.2. The van der Waals surface area contributed by atoms with Gasteiger partial charge in [-0.05, 0) is 0 Å². The summed E-state index contributed by atoms with van der Waals surface area (Å²) in [5.74, 6) is -0.239. The van der Waals surface area contributed by atoms with Crippen LogP contribution in [0.15, 0.2) is 0 Å². The average Bonchev–Trinajstić information content (AvgIpc) is 2.13. The molecule has 0 aromatic heterocycles. The Labute approximate surface area is 64.7 Å². The fraction of sp³-hybridized carbons (Fsp3) is 0.667. The molecular formula is C6H9NO2S. The third-order valence-corrected chi connectivity index (χ3v) is 1.58. The van der Waals surface area contributed by atoms with Gasteiger partial charge in [0, 0.05) is 13.3 Å². The van der Waals surface area contributed by atoms with Crippen LogP contribution in [-0.2, 0) is 9.53 Å². The molecule has 1 aliphatic heterocycles. The van der Waals surface area contributed by atoms with Crippen molar-refractivity contribution in [2.75, 3.05) is 6.54 Å². The molecule has 1 N–H and O–H groups in total. The van der Waals surface area contributed by atoms with Crippen molar-refractivity contribution in [3.63, 3.8) is 0 Å². The fourth-order valence-electron chi connectivity index (χ4n) is 0.897. The molecule has 3 nitrogen and oxygen atoms in total. The lowest BCUT2D eigenvalue weighted by Gasteiger charge is -2.05. The van der Waals surface area contributed by atoms with Gasteiger partial charge in [0.15, 0.2) is 0 Å². The summed E-state index contributed by atoms with van der Waals surface area (Å²) >= 11 is 4.85. The molecule has 1 aliphatic rings. The topological polar surface area (TPSA) is 38.3 Å². The molecule has 0 radical (unpaired) electrons. The number of rotatable bonds is 1. The number of carbonyl (C=O) groups excluding carboxylic acids is 1. The van der Waals surface area contributed by atoms with E-state index in [-0.39, 0.29) is 12.1 Å². The molecule has 1 saturated heterocycles. The van der Waals surface area contributed by atoms with Gasteiger partial charge in [-0.2, -0.15) is 0 Å². The van der Waals surface area contributed by atoms with E-state index in [2.05, 4.69) is 5.32 Å². The first-order valence-electron chi connectivity index (χ1n) is 3.12. The summed E-state index contributed by atoms with van der Waals surface area (Å²) in [7, 11) is 0. The van der Waals surface area contributed by atoms with Gasteiger partial charge in [0.1, 0.15) is 6.10 Å². The molecule has 0 saturated carbocycles. The Kier molecular flexibility index (Phi) is 2.21. The standard InChI is InChI=1S/C6H9NO2S/c1-4(8)9-5-2-6(10)7-3-5/h5H,2-3H2,1H3,(H,7,10)/t5-/m1/s1.